The fourth-order valence-electron chi connectivity index (χ4n) is 4.29. The lowest BCUT2D eigenvalue weighted by Crippen LogP contribution is -2.47. The number of aryl methyl sites for hydroxylation is 1. The lowest BCUT2D eigenvalue weighted by Gasteiger charge is -2.31. The lowest BCUT2D eigenvalue weighted by atomic mass is 10.1. The minimum atomic E-state index is -0.237. The molecular formula is C26H33N7O2. The van der Waals surface area contributed by atoms with E-state index in [1.807, 2.05) is 49.4 Å². The van der Waals surface area contributed by atoms with Crippen LogP contribution >= 0.6 is 0 Å². The number of hydrogen-bond donors (Lipinski definition) is 3. The van der Waals surface area contributed by atoms with E-state index in [9.17, 15) is 9.59 Å². The smallest absolute Gasteiger partial charge is 0.319 e. The topological polar surface area (TPSA) is 104 Å². The number of likely N-dealkylation sites (tertiary alicyclic amines) is 1. The second-order valence-electron chi connectivity index (χ2n) is 8.92. The van der Waals surface area contributed by atoms with Crippen molar-refractivity contribution < 1.29 is 9.59 Å². The highest BCUT2D eigenvalue weighted by molar-refractivity contribution is 5.92. The molecule has 0 radical (unpaired) electrons. The van der Waals surface area contributed by atoms with E-state index in [2.05, 4.69) is 37.9 Å². The van der Waals surface area contributed by atoms with E-state index in [0.717, 1.165) is 61.5 Å². The largest absolute Gasteiger partial charge is 0.335 e. The van der Waals surface area contributed by atoms with Gasteiger partial charge in [-0.1, -0.05) is 31.5 Å². The first-order valence-corrected chi connectivity index (χ1v) is 12.2. The second-order valence-corrected chi connectivity index (χ2v) is 8.92. The van der Waals surface area contributed by atoms with E-state index >= 15 is 0 Å². The monoisotopic (exact) mass is 475 g/mol. The number of carbonyl (C=O) groups is 2. The molecule has 3 aromatic rings. The van der Waals surface area contributed by atoms with Gasteiger partial charge >= 0.3 is 6.03 Å². The highest BCUT2D eigenvalue weighted by Crippen LogP contribution is 2.21. The molecule has 184 valence electrons. The molecule has 3 N–H and O–H groups in total. The number of amides is 3. The molecule has 0 bridgehead atoms. The average molecular weight is 476 g/mol. The van der Waals surface area contributed by atoms with Gasteiger partial charge in [0.05, 0.1) is 24.1 Å². The molecule has 1 saturated heterocycles. The molecule has 3 amide bonds. The van der Waals surface area contributed by atoms with Crippen LogP contribution in [-0.2, 0) is 11.2 Å². The van der Waals surface area contributed by atoms with E-state index in [-0.39, 0.29) is 18.0 Å². The Labute approximate surface area is 205 Å². The summed E-state index contributed by atoms with van der Waals surface area (Å²) >= 11 is 0. The van der Waals surface area contributed by atoms with Gasteiger partial charge in [0.1, 0.15) is 0 Å². The first kappa shape index (κ1) is 24.4. The Hall–Kier alpha value is -3.72. The van der Waals surface area contributed by atoms with Crippen LogP contribution in [0.5, 0.6) is 0 Å². The van der Waals surface area contributed by atoms with E-state index in [1.54, 1.807) is 17.1 Å². The molecule has 2 aromatic heterocycles. The maximum Gasteiger partial charge on any atom is 0.319 e. The van der Waals surface area contributed by atoms with Gasteiger partial charge in [-0.2, -0.15) is 5.10 Å². The molecule has 1 aliphatic rings. The summed E-state index contributed by atoms with van der Waals surface area (Å²) in [5.41, 5.74) is 3.53. The Balaban J connectivity index is 1.27. The van der Waals surface area contributed by atoms with Crippen LogP contribution < -0.4 is 16.0 Å². The molecule has 35 heavy (non-hydrogen) atoms. The van der Waals surface area contributed by atoms with Gasteiger partial charge in [-0.25, -0.2) is 14.5 Å². The van der Waals surface area contributed by atoms with E-state index in [1.165, 1.54) is 0 Å². The van der Waals surface area contributed by atoms with Crippen LogP contribution in [0.2, 0.25) is 0 Å². The Morgan fingerprint density at radius 1 is 1.09 bits per heavy atom. The Morgan fingerprint density at radius 2 is 1.86 bits per heavy atom. The normalized spacial score (nSPS) is 14.5. The number of para-hydroxylation sites is 1. The quantitative estimate of drug-likeness (QED) is 0.460. The summed E-state index contributed by atoms with van der Waals surface area (Å²) in [4.78, 5) is 31.6. The third-order valence-electron chi connectivity index (χ3n) is 6.07. The number of nitrogens with zero attached hydrogens (tertiary/aromatic N) is 4. The van der Waals surface area contributed by atoms with Crippen LogP contribution in [0.3, 0.4) is 0 Å². The van der Waals surface area contributed by atoms with E-state index in [4.69, 9.17) is 0 Å². The fraction of sp³-hybridized carbons (Fsp3) is 0.385. The van der Waals surface area contributed by atoms with Crippen molar-refractivity contribution in [3.05, 3.63) is 66.1 Å². The summed E-state index contributed by atoms with van der Waals surface area (Å²) in [6.45, 7) is 5.97. The van der Waals surface area contributed by atoms with Crippen molar-refractivity contribution in [1.82, 2.24) is 25.0 Å². The number of rotatable bonds is 8. The first-order valence-electron chi connectivity index (χ1n) is 12.2. The summed E-state index contributed by atoms with van der Waals surface area (Å²) in [6, 6.07) is 13.2. The maximum atomic E-state index is 12.7. The highest BCUT2D eigenvalue weighted by atomic mass is 16.2. The van der Waals surface area contributed by atoms with Gasteiger partial charge in [0, 0.05) is 31.0 Å². The summed E-state index contributed by atoms with van der Waals surface area (Å²) in [7, 11) is 0. The molecule has 1 aliphatic heterocycles. The molecule has 0 spiro atoms. The second kappa shape index (κ2) is 11.6. The number of pyridine rings is 1. The molecule has 0 aliphatic carbocycles. The molecule has 1 aromatic carbocycles. The van der Waals surface area contributed by atoms with Crippen molar-refractivity contribution >= 4 is 23.3 Å². The number of urea groups is 1. The third kappa shape index (κ3) is 6.66. The molecule has 9 nitrogen and oxygen atoms in total. The third-order valence-corrected chi connectivity index (χ3v) is 6.07. The average Bonchev–Trinajstić information content (AvgIpc) is 3.23. The molecule has 4 rings (SSSR count). The number of hydrogen-bond acceptors (Lipinski definition) is 5. The van der Waals surface area contributed by atoms with Crippen LogP contribution in [-0.4, -0.2) is 57.3 Å². The SMILES string of the molecule is CCCc1c(NC(=O)NC2CCN(CC(=O)Nc3ccccc3)CC2)cnn1-c1cc(C)ccn1. The lowest BCUT2D eigenvalue weighted by molar-refractivity contribution is -0.117. The van der Waals surface area contributed by atoms with Gasteiger partial charge in [-0.15, -0.1) is 0 Å². The molecule has 0 unspecified atom stereocenters. The van der Waals surface area contributed by atoms with E-state index < -0.39 is 0 Å². The van der Waals surface area contributed by atoms with Gasteiger partial charge < -0.3 is 16.0 Å². The fourth-order valence-corrected chi connectivity index (χ4v) is 4.29. The minimum Gasteiger partial charge on any atom is -0.335 e. The Kier molecular flexibility index (Phi) is 8.10. The highest BCUT2D eigenvalue weighted by Gasteiger charge is 2.23. The molecular weight excluding hydrogens is 442 g/mol. The van der Waals surface area contributed by atoms with Gasteiger partial charge in [0.15, 0.2) is 5.82 Å². The number of carbonyl (C=O) groups excluding carboxylic acids is 2. The summed E-state index contributed by atoms with van der Waals surface area (Å²) in [5.74, 6) is 0.717. The van der Waals surface area contributed by atoms with Gasteiger partial charge in [-0.05, 0) is 56.0 Å². The predicted octanol–water partition coefficient (Wildman–Crippen LogP) is 3.75. The van der Waals surface area contributed by atoms with Crippen molar-refractivity contribution in [3.63, 3.8) is 0 Å². The predicted molar refractivity (Wildman–Crippen MR) is 137 cm³/mol. The van der Waals surface area contributed by atoms with Crippen molar-refractivity contribution in [1.29, 1.82) is 0 Å². The molecule has 0 atom stereocenters. The van der Waals surface area contributed by atoms with Crippen molar-refractivity contribution in [2.24, 2.45) is 0 Å². The molecule has 3 heterocycles. The van der Waals surface area contributed by atoms with Crippen molar-refractivity contribution in [2.45, 2.75) is 45.6 Å². The zero-order valence-electron chi connectivity index (χ0n) is 20.3. The molecule has 0 saturated carbocycles. The molecule has 1 fully saturated rings. The van der Waals surface area contributed by atoms with Gasteiger partial charge in [-0.3, -0.25) is 9.69 Å². The zero-order chi connectivity index (χ0) is 24.6. The van der Waals surface area contributed by atoms with Crippen molar-refractivity contribution in [2.75, 3.05) is 30.3 Å². The number of aromatic nitrogens is 3. The number of benzene rings is 1. The summed E-state index contributed by atoms with van der Waals surface area (Å²) < 4.78 is 1.80. The number of anilines is 2. The molecule has 9 heteroatoms. The number of nitrogens with one attached hydrogen (secondary N) is 3. The standard InChI is InChI=1S/C26H33N7O2/c1-3-7-23-22(17-28-33(23)24-16-19(2)10-13-27-24)31-26(35)30-21-11-14-32(15-12-21)18-25(34)29-20-8-5-4-6-9-20/h4-6,8-10,13,16-17,21H,3,7,11-12,14-15,18H2,1-2H3,(H,29,34)(H2,30,31,35). The van der Waals surface area contributed by atoms with Crippen LogP contribution in [0.25, 0.3) is 5.82 Å². The van der Waals surface area contributed by atoms with E-state index in [0.29, 0.717) is 12.2 Å². The van der Waals surface area contributed by atoms with Crippen molar-refractivity contribution in [3.8, 4) is 5.82 Å². The van der Waals surface area contributed by atoms with Crippen LogP contribution in [0, 0.1) is 6.92 Å². The Morgan fingerprint density at radius 3 is 2.57 bits per heavy atom. The van der Waals surface area contributed by atoms with Crippen LogP contribution in [0.15, 0.2) is 54.9 Å². The minimum absolute atomic E-state index is 0.0242. The Bertz CT molecular complexity index is 1140. The van der Waals surface area contributed by atoms with Gasteiger partial charge in [0.2, 0.25) is 5.91 Å². The van der Waals surface area contributed by atoms with Gasteiger partial charge in [0.25, 0.3) is 0 Å². The maximum absolute atomic E-state index is 12.7. The first-order chi connectivity index (χ1) is 17.0. The van der Waals surface area contributed by atoms with Crippen LogP contribution in [0.4, 0.5) is 16.2 Å². The summed E-state index contributed by atoms with van der Waals surface area (Å²) in [5, 5.41) is 13.5. The number of piperidine rings is 1. The van der Waals surface area contributed by atoms with Crippen LogP contribution in [0.1, 0.15) is 37.4 Å². The summed E-state index contributed by atoms with van der Waals surface area (Å²) in [6.07, 6.45) is 6.72. The zero-order valence-corrected chi connectivity index (χ0v) is 20.3.